The summed E-state index contributed by atoms with van der Waals surface area (Å²) >= 11 is 0. The number of rotatable bonds is 3. The van der Waals surface area contributed by atoms with E-state index in [1.54, 1.807) is 19.1 Å². The number of nitrogens with zero attached hydrogens (tertiary/aromatic N) is 2. The quantitative estimate of drug-likeness (QED) is 0.323. The first kappa shape index (κ1) is 12.6. The molecule has 0 radical (unpaired) electrons. The molecule has 7 heteroatoms. The molecule has 0 aliphatic heterocycles. The predicted molar refractivity (Wildman–Crippen MR) is 60.0 cm³/mol. The minimum absolute atomic E-state index is 0.186. The van der Waals surface area contributed by atoms with E-state index in [1.807, 2.05) is 0 Å². The Hall–Kier alpha value is -2.44. The van der Waals surface area contributed by atoms with Crippen LogP contribution < -0.4 is 11.2 Å². The van der Waals surface area contributed by atoms with Gasteiger partial charge in [-0.15, -0.1) is 5.10 Å². The summed E-state index contributed by atoms with van der Waals surface area (Å²) in [4.78, 5) is 26.3. The summed E-state index contributed by atoms with van der Waals surface area (Å²) in [5, 5.41) is 3.41. The smallest absolute Gasteiger partial charge is 0.375 e. The van der Waals surface area contributed by atoms with E-state index in [9.17, 15) is 9.59 Å². The summed E-state index contributed by atoms with van der Waals surface area (Å²) in [6.07, 6.45) is 2.90. The van der Waals surface area contributed by atoms with Crippen molar-refractivity contribution < 1.29 is 14.3 Å². The fraction of sp³-hybridized carbons (Fsp3) is 0.200. The molecule has 1 aromatic rings. The number of esters is 1. The molecule has 0 aliphatic carbocycles. The Balaban J connectivity index is 2.59. The van der Waals surface area contributed by atoms with Crippen molar-refractivity contribution in [2.45, 2.75) is 6.92 Å². The third-order valence-electron chi connectivity index (χ3n) is 1.69. The number of pyridine rings is 1. The molecule has 0 bridgehead atoms. The molecule has 1 heterocycles. The third kappa shape index (κ3) is 3.90. The van der Waals surface area contributed by atoms with Crippen LogP contribution in [0.1, 0.15) is 17.3 Å². The van der Waals surface area contributed by atoms with Crippen LogP contribution in [0.4, 0.5) is 0 Å². The molecule has 0 saturated heterocycles. The molecule has 0 saturated carbocycles. The Morgan fingerprint density at radius 2 is 2.35 bits per heavy atom. The predicted octanol–water partition coefficient (Wildman–Crippen LogP) is -0.353. The molecular formula is C10H12N4O3. The van der Waals surface area contributed by atoms with Crippen LogP contribution in [0.15, 0.2) is 29.6 Å². The number of ether oxygens (including phenoxy) is 1. The molecule has 0 fully saturated rings. The van der Waals surface area contributed by atoms with Gasteiger partial charge in [-0.3, -0.25) is 9.78 Å². The van der Waals surface area contributed by atoms with Crippen molar-refractivity contribution in [1.29, 1.82) is 0 Å². The Labute approximate surface area is 97.7 Å². The Morgan fingerprint density at radius 1 is 1.59 bits per heavy atom. The summed E-state index contributed by atoms with van der Waals surface area (Å²) in [6, 6.07) is 3.16. The molecule has 0 aliphatic rings. The highest BCUT2D eigenvalue weighted by Crippen LogP contribution is 1.94. The minimum Gasteiger partial charge on any atom is -0.460 e. The van der Waals surface area contributed by atoms with Crippen molar-refractivity contribution in [1.82, 2.24) is 10.4 Å². The number of carbonyl (C=O) groups excluding carboxylic acids is 2. The van der Waals surface area contributed by atoms with Gasteiger partial charge >= 0.3 is 5.97 Å². The third-order valence-corrected chi connectivity index (χ3v) is 1.69. The summed E-state index contributed by atoms with van der Waals surface area (Å²) in [5.41, 5.74) is 7.71. The lowest BCUT2D eigenvalue weighted by Gasteiger charge is -2.01. The largest absolute Gasteiger partial charge is 0.460 e. The van der Waals surface area contributed by atoms with Crippen molar-refractivity contribution in [2.24, 2.45) is 10.8 Å². The van der Waals surface area contributed by atoms with Gasteiger partial charge in [0.15, 0.2) is 0 Å². The van der Waals surface area contributed by atoms with Crippen LogP contribution >= 0.6 is 0 Å². The number of hydrogen-bond acceptors (Lipinski definition) is 5. The van der Waals surface area contributed by atoms with Crippen molar-refractivity contribution in [3.05, 3.63) is 30.1 Å². The highest BCUT2D eigenvalue weighted by molar-refractivity contribution is 6.34. The molecule has 0 unspecified atom stereocenters. The molecule has 1 aromatic heterocycles. The SMILES string of the molecule is CCOC(=O)/C(N)=N/NC(=O)c1cccnc1. The first-order chi connectivity index (χ1) is 8.15. The van der Waals surface area contributed by atoms with E-state index in [0.29, 0.717) is 5.56 Å². The fourth-order valence-electron chi connectivity index (χ4n) is 0.923. The van der Waals surface area contributed by atoms with Gasteiger partial charge in [-0.05, 0) is 19.1 Å². The number of amides is 1. The second kappa shape index (κ2) is 6.21. The molecule has 0 aromatic carbocycles. The van der Waals surface area contributed by atoms with Crippen LogP contribution in [-0.2, 0) is 9.53 Å². The van der Waals surface area contributed by atoms with Gasteiger partial charge < -0.3 is 10.5 Å². The number of aromatic nitrogens is 1. The van der Waals surface area contributed by atoms with Gasteiger partial charge in [0.2, 0.25) is 5.84 Å². The fourth-order valence-corrected chi connectivity index (χ4v) is 0.923. The molecule has 1 amide bonds. The maximum Gasteiger partial charge on any atom is 0.375 e. The molecule has 3 N–H and O–H groups in total. The van der Waals surface area contributed by atoms with Crippen molar-refractivity contribution >= 4 is 17.7 Å². The molecule has 90 valence electrons. The monoisotopic (exact) mass is 236 g/mol. The zero-order chi connectivity index (χ0) is 12.7. The number of carbonyl (C=O) groups is 2. The topological polar surface area (TPSA) is 107 Å². The average molecular weight is 236 g/mol. The number of hydrazone groups is 1. The second-order valence-electron chi connectivity index (χ2n) is 2.90. The van der Waals surface area contributed by atoms with E-state index in [1.165, 1.54) is 12.4 Å². The maximum atomic E-state index is 11.5. The number of nitrogens with two attached hydrogens (primary N) is 1. The van der Waals surface area contributed by atoms with Crippen LogP contribution in [0.5, 0.6) is 0 Å². The van der Waals surface area contributed by atoms with E-state index in [4.69, 9.17) is 5.73 Å². The molecule has 0 spiro atoms. The van der Waals surface area contributed by atoms with Gasteiger partial charge in [-0.25, -0.2) is 10.2 Å². The van der Waals surface area contributed by atoms with Gasteiger partial charge in [0.1, 0.15) is 0 Å². The molecular weight excluding hydrogens is 224 g/mol. The van der Waals surface area contributed by atoms with Crippen molar-refractivity contribution in [3.63, 3.8) is 0 Å². The van der Waals surface area contributed by atoms with Gasteiger partial charge in [-0.2, -0.15) is 0 Å². The Kier molecular flexibility index (Phi) is 4.61. The maximum absolute atomic E-state index is 11.5. The second-order valence-corrected chi connectivity index (χ2v) is 2.90. The van der Waals surface area contributed by atoms with Gasteiger partial charge in [0.05, 0.1) is 12.2 Å². The van der Waals surface area contributed by atoms with Crippen LogP contribution in [0.25, 0.3) is 0 Å². The summed E-state index contributed by atoms with van der Waals surface area (Å²) in [5.74, 6) is -1.70. The van der Waals surface area contributed by atoms with Crippen molar-refractivity contribution in [2.75, 3.05) is 6.61 Å². The summed E-state index contributed by atoms with van der Waals surface area (Å²) < 4.78 is 4.58. The molecule has 7 nitrogen and oxygen atoms in total. The van der Waals surface area contributed by atoms with E-state index in [2.05, 4.69) is 20.2 Å². The van der Waals surface area contributed by atoms with E-state index >= 15 is 0 Å². The Morgan fingerprint density at radius 3 is 2.94 bits per heavy atom. The van der Waals surface area contributed by atoms with Crippen LogP contribution in [-0.4, -0.2) is 29.3 Å². The lowest BCUT2D eigenvalue weighted by molar-refractivity contribution is -0.135. The highest BCUT2D eigenvalue weighted by atomic mass is 16.5. The molecule has 17 heavy (non-hydrogen) atoms. The van der Waals surface area contributed by atoms with Gasteiger partial charge in [0.25, 0.3) is 5.91 Å². The minimum atomic E-state index is -0.779. The van der Waals surface area contributed by atoms with Gasteiger partial charge in [-0.1, -0.05) is 0 Å². The number of nitrogens with one attached hydrogen (secondary N) is 1. The zero-order valence-electron chi connectivity index (χ0n) is 9.21. The average Bonchev–Trinajstić information content (AvgIpc) is 2.36. The first-order valence-electron chi connectivity index (χ1n) is 4.85. The van der Waals surface area contributed by atoms with E-state index in [0.717, 1.165) is 0 Å². The summed E-state index contributed by atoms with van der Waals surface area (Å²) in [7, 11) is 0. The standard InChI is InChI=1S/C10H12N4O3/c1-2-17-10(16)8(11)13-14-9(15)7-4-3-5-12-6-7/h3-6H,2H2,1H3,(H2,11,13)(H,14,15). The van der Waals surface area contributed by atoms with Crippen LogP contribution in [0.2, 0.25) is 0 Å². The highest BCUT2D eigenvalue weighted by Gasteiger charge is 2.09. The zero-order valence-corrected chi connectivity index (χ0v) is 9.21. The first-order valence-corrected chi connectivity index (χ1v) is 4.85. The lowest BCUT2D eigenvalue weighted by Crippen LogP contribution is -2.30. The van der Waals surface area contributed by atoms with Crippen LogP contribution in [0.3, 0.4) is 0 Å². The Bertz CT molecular complexity index is 430. The summed E-state index contributed by atoms with van der Waals surface area (Å²) in [6.45, 7) is 1.82. The molecule has 1 rings (SSSR count). The van der Waals surface area contributed by atoms with Gasteiger partial charge in [0, 0.05) is 12.4 Å². The molecule has 0 atom stereocenters. The van der Waals surface area contributed by atoms with E-state index in [-0.39, 0.29) is 6.61 Å². The number of hydrogen-bond donors (Lipinski definition) is 2. The number of amidine groups is 1. The van der Waals surface area contributed by atoms with Crippen LogP contribution in [0, 0.1) is 0 Å². The van der Waals surface area contributed by atoms with Crippen molar-refractivity contribution in [3.8, 4) is 0 Å². The van der Waals surface area contributed by atoms with E-state index < -0.39 is 17.7 Å². The normalized spacial score (nSPS) is 10.8. The lowest BCUT2D eigenvalue weighted by atomic mass is 10.3.